The highest BCUT2D eigenvalue weighted by Gasteiger charge is 2.20. The molecule has 3 rings (SSSR count). The van der Waals surface area contributed by atoms with E-state index in [-0.39, 0.29) is 5.91 Å². The van der Waals surface area contributed by atoms with Gasteiger partial charge < -0.3 is 5.32 Å². The first-order valence-corrected chi connectivity index (χ1v) is 8.42. The van der Waals surface area contributed by atoms with Crippen molar-refractivity contribution in [3.8, 4) is 11.1 Å². The predicted octanol–water partition coefficient (Wildman–Crippen LogP) is 4.17. The SMILES string of the molecule is C[C@@H]1CCCCN1CC(=O)Nc1ccc(-c2ccccc2)cc1. The summed E-state index contributed by atoms with van der Waals surface area (Å²) in [5.41, 5.74) is 3.21. The van der Waals surface area contributed by atoms with Gasteiger partial charge in [-0.3, -0.25) is 9.69 Å². The van der Waals surface area contributed by atoms with Crippen LogP contribution in [0.1, 0.15) is 26.2 Å². The van der Waals surface area contributed by atoms with E-state index in [0.717, 1.165) is 17.8 Å². The van der Waals surface area contributed by atoms with Crippen LogP contribution < -0.4 is 5.32 Å². The molecule has 120 valence electrons. The topological polar surface area (TPSA) is 32.3 Å². The van der Waals surface area contributed by atoms with Crippen molar-refractivity contribution in [1.29, 1.82) is 0 Å². The second kappa shape index (κ2) is 7.42. The molecule has 1 N–H and O–H groups in total. The Bertz CT molecular complexity index is 636. The highest BCUT2D eigenvalue weighted by Crippen LogP contribution is 2.21. The summed E-state index contributed by atoms with van der Waals surface area (Å²) >= 11 is 0. The molecule has 0 spiro atoms. The van der Waals surface area contributed by atoms with Gasteiger partial charge in [0, 0.05) is 11.7 Å². The summed E-state index contributed by atoms with van der Waals surface area (Å²) < 4.78 is 0. The molecule has 3 heteroatoms. The van der Waals surface area contributed by atoms with Gasteiger partial charge >= 0.3 is 0 Å². The number of hydrogen-bond acceptors (Lipinski definition) is 2. The summed E-state index contributed by atoms with van der Waals surface area (Å²) in [5, 5.41) is 3.01. The van der Waals surface area contributed by atoms with E-state index in [1.807, 2.05) is 30.3 Å². The highest BCUT2D eigenvalue weighted by atomic mass is 16.2. The van der Waals surface area contributed by atoms with Gasteiger partial charge in [-0.15, -0.1) is 0 Å². The molecule has 2 aromatic carbocycles. The van der Waals surface area contributed by atoms with Crippen LogP contribution in [0, 0.1) is 0 Å². The van der Waals surface area contributed by atoms with Crippen molar-refractivity contribution in [3.05, 3.63) is 54.6 Å². The third-order valence-electron chi connectivity index (χ3n) is 4.56. The third kappa shape index (κ3) is 4.20. The molecule has 1 aliphatic rings. The summed E-state index contributed by atoms with van der Waals surface area (Å²) in [5.74, 6) is 0.0752. The monoisotopic (exact) mass is 308 g/mol. The zero-order chi connectivity index (χ0) is 16.1. The smallest absolute Gasteiger partial charge is 0.238 e. The predicted molar refractivity (Wildman–Crippen MR) is 95.4 cm³/mol. The molecule has 23 heavy (non-hydrogen) atoms. The van der Waals surface area contributed by atoms with Crippen molar-refractivity contribution in [2.45, 2.75) is 32.2 Å². The number of nitrogens with zero attached hydrogens (tertiary/aromatic N) is 1. The summed E-state index contributed by atoms with van der Waals surface area (Å²) in [6.07, 6.45) is 3.67. The largest absolute Gasteiger partial charge is 0.325 e. The van der Waals surface area contributed by atoms with Gasteiger partial charge in [0.15, 0.2) is 0 Å². The van der Waals surface area contributed by atoms with Gasteiger partial charge in [0.2, 0.25) is 5.91 Å². The molecule has 1 fully saturated rings. The number of carbonyl (C=O) groups is 1. The van der Waals surface area contributed by atoms with Crippen LogP contribution in [0.25, 0.3) is 11.1 Å². The fourth-order valence-electron chi connectivity index (χ4n) is 3.15. The summed E-state index contributed by atoms with van der Waals surface area (Å²) in [6.45, 7) is 3.73. The molecule has 1 atom stereocenters. The van der Waals surface area contributed by atoms with E-state index in [0.29, 0.717) is 12.6 Å². The number of amides is 1. The van der Waals surface area contributed by atoms with Gasteiger partial charge in [-0.2, -0.15) is 0 Å². The van der Waals surface area contributed by atoms with E-state index >= 15 is 0 Å². The molecule has 1 heterocycles. The van der Waals surface area contributed by atoms with Crippen LogP contribution >= 0.6 is 0 Å². The minimum absolute atomic E-state index is 0.0752. The van der Waals surface area contributed by atoms with Crippen LogP contribution in [0.15, 0.2) is 54.6 Å². The number of benzene rings is 2. The fourth-order valence-corrected chi connectivity index (χ4v) is 3.15. The van der Waals surface area contributed by atoms with E-state index in [4.69, 9.17) is 0 Å². The van der Waals surface area contributed by atoms with E-state index in [2.05, 4.69) is 41.4 Å². The second-order valence-corrected chi connectivity index (χ2v) is 6.31. The minimum Gasteiger partial charge on any atom is -0.325 e. The Morgan fingerprint density at radius 1 is 1.04 bits per heavy atom. The van der Waals surface area contributed by atoms with Gasteiger partial charge in [-0.1, -0.05) is 48.9 Å². The summed E-state index contributed by atoms with van der Waals surface area (Å²) in [7, 11) is 0. The molecule has 0 radical (unpaired) electrons. The first-order valence-electron chi connectivity index (χ1n) is 8.42. The maximum atomic E-state index is 12.2. The number of anilines is 1. The molecular weight excluding hydrogens is 284 g/mol. The molecule has 2 aromatic rings. The number of hydrogen-bond donors (Lipinski definition) is 1. The standard InChI is InChI=1S/C20H24N2O/c1-16-7-5-6-14-22(16)15-20(23)21-19-12-10-18(11-13-19)17-8-3-2-4-9-17/h2-4,8-13,16H,5-7,14-15H2,1H3,(H,21,23)/t16-/m1/s1. The Labute approximate surface area is 138 Å². The van der Waals surface area contributed by atoms with E-state index in [9.17, 15) is 4.79 Å². The lowest BCUT2D eigenvalue weighted by molar-refractivity contribution is -0.118. The van der Waals surface area contributed by atoms with Crippen LogP contribution in [0.5, 0.6) is 0 Å². The average molecular weight is 308 g/mol. The normalized spacial score (nSPS) is 18.6. The Kier molecular flexibility index (Phi) is 5.09. The molecule has 1 aliphatic heterocycles. The lowest BCUT2D eigenvalue weighted by atomic mass is 10.0. The number of carbonyl (C=O) groups excluding carboxylic acids is 1. The maximum Gasteiger partial charge on any atom is 0.238 e. The Hall–Kier alpha value is -2.13. The molecule has 3 nitrogen and oxygen atoms in total. The van der Waals surface area contributed by atoms with Crippen molar-refractivity contribution in [3.63, 3.8) is 0 Å². The minimum atomic E-state index is 0.0752. The molecule has 0 saturated carbocycles. The van der Waals surface area contributed by atoms with Crippen LogP contribution in [-0.4, -0.2) is 29.9 Å². The first kappa shape index (κ1) is 15.8. The zero-order valence-electron chi connectivity index (χ0n) is 13.7. The van der Waals surface area contributed by atoms with Crippen LogP contribution in [0.3, 0.4) is 0 Å². The van der Waals surface area contributed by atoms with Crippen molar-refractivity contribution < 1.29 is 4.79 Å². The van der Waals surface area contributed by atoms with E-state index < -0.39 is 0 Å². The highest BCUT2D eigenvalue weighted by molar-refractivity contribution is 5.92. The van der Waals surface area contributed by atoms with Crippen molar-refractivity contribution in [2.24, 2.45) is 0 Å². The van der Waals surface area contributed by atoms with Gasteiger partial charge in [-0.25, -0.2) is 0 Å². The first-order chi connectivity index (χ1) is 11.2. The number of nitrogens with one attached hydrogen (secondary N) is 1. The van der Waals surface area contributed by atoms with Gasteiger partial charge in [0.25, 0.3) is 0 Å². The lowest BCUT2D eigenvalue weighted by Crippen LogP contribution is -2.42. The van der Waals surface area contributed by atoms with E-state index in [1.54, 1.807) is 0 Å². The lowest BCUT2D eigenvalue weighted by Gasteiger charge is -2.32. The molecule has 0 bridgehead atoms. The Balaban J connectivity index is 1.58. The quantitative estimate of drug-likeness (QED) is 0.919. The summed E-state index contributed by atoms with van der Waals surface area (Å²) in [6, 6.07) is 18.8. The Morgan fingerprint density at radius 3 is 2.43 bits per heavy atom. The second-order valence-electron chi connectivity index (χ2n) is 6.31. The third-order valence-corrected chi connectivity index (χ3v) is 4.56. The van der Waals surface area contributed by atoms with Gasteiger partial charge in [0.1, 0.15) is 0 Å². The van der Waals surface area contributed by atoms with Crippen LogP contribution in [-0.2, 0) is 4.79 Å². The fraction of sp³-hybridized carbons (Fsp3) is 0.350. The Morgan fingerprint density at radius 2 is 1.74 bits per heavy atom. The van der Waals surface area contributed by atoms with Crippen molar-refractivity contribution in [2.75, 3.05) is 18.4 Å². The molecular formula is C20H24N2O. The van der Waals surface area contributed by atoms with Crippen LogP contribution in [0.4, 0.5) is 5.69 Å². The van der Waals surface area contributed by atoms with Crippen molar-refractivity contribution in [1.82, 2.24) is 4.90 Å². The number of piperidine rings is 1. The summed E-state index contributed by atoms with van der Waals surface area (Å²) in [4.78, 5) is 14.5. The van der Waals surface area contributed by atoms with Crippen LogP contribution in [0.2, 0.25) is 0 Å². The number of likely N-dealkylation sites (tertiary alicyclic amines) is 1. The molecule has 0 aliphatic carbocycles. The molecule has 1 saturated heterocycles. The van der Waals surface area contributed by atoms with Gasteiger partial charge in [-0.05, 0) is 49.6 Å². The number of rotatable bonds is 4. The molecule has 0 unspecified atom stereocenters. The van der Waals surface area contributed by atoms with Crippen molar-refractivity contribution >= 4 is 11.6 Å². The van der Waals surface area contributed by atoms with Gasteiger partial charge in [0.05, 0.1) is 6.54 Å². The van der Waals surface area contributed by atoms with E-state index in [1.165, 1.54) is 24.8 Å². The average Bonchev–Trinajstić information content (AvgIpc) is 2.58. The molecule has 1 amide bonds. The maximum absolute atomic E-state index is 12.2. The molecule has 0 aromatic heterocycles. The zero-order valence-corrected chi connectivity index (χ0v) is 13.7.